The van der Waals surface area contributed by atoms with Gasteiger partial charge in [-0.05, 0) is 91.8 Å². The fourth-order valence-corrected chi connectivity index (χ4v) is 7.84. The maximum Gasteiger partial charge on any atom is 0.254 e. The van der Waals surface area contributed by atoms with Crippen LogP contribution in [0, 0.1) is 5.92 Å². The van der Waals surface area contributed by atoms with Gasteiger partial charge >= 0.3 is 0 Å². The number of fused-ring (bicyclic) bond motifs is 3. The highest BCUT2D eigenvalue weighted by atomic mass is 16.5. The molecule has 1 aromatic heterocycles. The molecule has 2 atom stereocenters. The molecule has 3 aromatic rings. The number of likely N-dealkylation sites (tertiary alicyclic amines) is 1. The molecule has 2 aromatic carbocycles. The van der Waals surface area contributed by atoms with E-state index < -0.39 is 0 Å². The zero-order valence-corrected chi connectivity index (χ0v) is 25.4. The van der Waals surface area contributed by atoms with Crippen molar-refractivity contribution in [2.45, 2.75) is 70.0 Å². The second-order valence-corrected chi connectivity index (χ2v) is 12.9. The lowest BCUT2D eigenvalue weighted by Gasteiger charge is -2.46. The highest BCUT2D eigenvalue weighted by Crippen LogP contribution is 2.44. The number of imidazole rings is 1. The first kappa shape index (κ1) is 28.0. The summed E-state index contributed by atoms with van der Waals surface area (Å²) in [7, 11) is 3.72. The van der Waals surface area contributed by atoms with Crippen molar-refractivity contribution >= 4 is 40.2 Å². The summed E-state index contributed by atoms with van der Waals surface area (Å²) in [6.07, 6.45) is 9.34. The monoisotopic (exact) mass is 582 g/mol. The van der Waals surface area contributed by atoms with Gasteiger partial charge in [0.05, 0.1) is 12.6 Å². The van der Waals surface area contributed by atoms with Crippen LogP contribution in [-0.4, -0.2) is 71.1 Å². The Hall–Kier alpha value is -3.85. The number of carbonyl (C=O) groups is 2. The van der Waals surface area contributed by atoms with Crippen LogP contribution >= 0.6 is 0 Å². The smallest absolute Gasteiger partial charge is 0.254 e. The number of nitrogens with one attached hydrogen (secondary N) is 1. The zero-order valence-electron chi connectivity index (χ0n) is 25.4. The summed E-state index contributed by atoms with van der Waals surface area (Å²) >= 11 is 0. The number of carbonyl (C=O) groups excluding carboxylic acids is 2. The van der Waals surface area contributed by atoms with E-state index in [2.05, 4.69) is 46.1 Å². The third-order valence-corrected chi connectivity index (χ3v) is 10.1. The molecule has 1 saturated carbocycles. The molecule has 0 radical (unpaired) electrons. The Balaban J connectivity index is 1.24. The molecule has 3 heterocycles. The van der Waals surface area contributed by atoms with E-state index in [1.807, 2.05) is 17.0 Å². The molecule has 2 aliphatic heterocycles. The van der Waals surface area contributed by atoms with Gasteiger partial charge < -0.3 is 30.2 Å². The van der Waals surface area contributed by atoms with Gasteiger partial charge in [-0.15, -0.1) is 0 Å². The van der Waals surface area contributed by atoms with E-state index >= 15 is 0 Å². The van der Waals surface area contributed by atoms with Gasteiger partial charge in [-0.1, -0.05) is 12.1 Å². The predicted octanol–water partition coefficient (Wildman–Crippen LogP) is 4.13. The standard InChI is InChI=1S/C34H42N6O3/c1-20(41)36-25-17-26(18-25)40-13-11-21-9-10-27-22(6-4-8-30(27)40)14-28(21)33-37-29-15-23(16-31(43-3)32(29)38(33)2)34(42)39-12-5-7-24(35)19-39/h4,6,8,14-16,21,24-26H,5,7,9-13,17-19,35H2,1-3H3,(H,36,41)/t21?,24-,25?,26?/m1/s1. The Morgan fingerprint density at radius 3 is 2.72 bits per heavy atom. The SMILES string of the molecule is COc1cc(C(=O)N2CCC[C@@H](N)C2)cc2nc(C3=Cc4cccc5c4CCC3CCN5C3CC(NC(C)=O)C3)n(C)c12. The summed E-state index contributed by atoms with van der Waals surface area (Å²) in [6, 6.07) is 11.2. The van der Waals surface area contributed by atoms with Crippen LogP contribution in [-0.2, 0) is 18.3 Å². The molecular weight excluding hydrogens is 540 g/mol. The van der Waals surface area contributed by atoms with Crippen molar-refractivity contribution < 1.29 is 14.3 Å². The quantitative estimate of drug-likeness (QED) is 0.469. The van der Waals surface area contributed by atoms with Gasteiger partial charge in [0.2, 0.25) is 5.91 Å². The van der Waals surface area contributed by atoms with Gasteiger partial charge in [0.15, 0.2) is 0 Å². The summed E-state index contributed by atoms with van der Waals surface area (Å²) in [5.41, 5.74) is 13.7. The first-order chi connectivity index (χ1) is 20.8. The van der Waals surface area contributed by atoms with E-state index in [1.54, 1.807) is 14.0 Å². The van der Waals surface area contributed by atoms with Gasteiger partial charge in [-0.25, -0.2) is 4.98 Å². The van der Waals surface area contributed by atoms with Crippen LogP contribution in [0.25, 0.3) is 22.7 Å². The average Bonchev–Trinajstić information content (AvgIpc) is 3.19. The topological polar surface area (TPSA) is 106 Å². The van der Waals surface area contributed by atoms with E-state index in [4.69, 9.17) is 15.5 Å². The van der Waals surface area contributed by atoms with Crippen molar-refractivity contribution in [3.63, 3.8) is 0 Å². The van der Waals surface area contributed by atoms with E-state index in [0.717, 1.165) is 74.9 Å². The van der Waals surface area contributed by atoms with Crippen molar-refractivity contribution in [1.82, 2.24) is 19.8 Å². The molecule has 7 rings (SSSR count). The number of amides is 2. The van der Waals surface area contributed by atoms with Crippen LogP contribution in [0.1, 0.15) is 72.8 Å². The minimum atomic E-state index is -0.0155. The summed E-state index contributed by atoms with van der Waals surface area (Å²) in [5, 5.41) is 3.09. The van der Waals surface area contributed by atoms with Crippen LogP contribution in [0.4, 0.5) is 5.69 Å². The second-order valence-electron chi connectivity index (χ2n) is 12.9. The lowest BCUT2D eigenvalue weighted by molar-refractivity contribution is -0.120. The summed E-state index contributed by atoms with van der Waals surface area (Å²) in [5.74, 6) is 1.98. The number of benzene rings is 2. The molecule has 2 amide bonds. The Kier molecular flexibility index (Phi) is 7.16. The minimum Gasteiger partial charge on any atom is -0.494 e. The number of aromatic nitrogens is 2. The van der Waals surface area contributed by atoms with Crippen molar-refractivity contribution in [3.05, 3.63) is 52.8 Å². The van der Waals surface area contributed by atoms with Gasteiger partial charge in [-0.2, -0.15) is 0 Å². The largest absolute Gasteiger partial charge is 0.494 e. The number of hydrogen-bond donors (Lipinski definition) is 2. The van der Waals surface area contributed by atoms with Gasteiger partial charge in [0.1, 0.15) is 17.1 Å². The second kappa shape index (κ2) is 11.0. The number of nitrogens with two attached hydrogens (primary N) is 1. The molecule has 4 aliphatic rings. The molecule has 2 bridgehead atoms. The molecule has 1 saturated heterocycles. The molecule has 226 valence electrons. The maximum absolute atomic E-state index is 13.5. The Labute approximate surface area is 253 Å². The lowest BCUT2D eigenvalue weighted by Crippen LogP contribution is -2.54. The first-order valence-electron chi connectivity index (χ1n) is 15.8. The molecule has 3 N–H and O–H groups in total. The fourth-order valence-electron chi connectivity index (χ4n) is 7.84. The number of hydrogen-bond acceptors (Lipinski definition) is 6. The lowest BCUT2D eigenvalue weighted by atomic mass is 9.82. The van der Waals surface area contributed by atoms with E-state index in [1.165, 1.54) is 22.4 Å². The third kappa shape index (κ3) is 4.97. The molecule has 43 heavy (non-hydrogen) atoms. The summed E-state index contributed by atoms with van der Waals surface area (Å²) in [6.45, 7) is 3.88. The predicted molar refractivity (Wildman–Crippen MR) is 169 cm³/mol. The van der Waals surface area contributed by atoms with Crippen molar-refractivity contribution in [2.75, 3.05) is 31.6 Å². The van der Waals surface area contributed by atoms with Crippen LogP contribution in [0.5, 0.6) is 5.75 Å². The minimum absolute atomic E-state index is 0.0155. The Morgan fingerprint density at radius 2 is 1.95 bits per heavy atom. The highest BCUT2D eigenvalue weighted by Gasteiger charge is 2.38. The van der Waals surface area contributed by atoms with Gasteiger partial charge in [-0.3, -0.25) is 9.59 Å². The maximum atomic E-state index is 13.5. The number of ether oxygens (including phenoxy) is 1. The molecule has 9 heteroatoms. The molecule has 9 nitrogen and oxygen atoms in total. The molecular formula is C34H42N6O3. The Bertz CT molecular complexity index is 1620. The fraction of sp³-hybridized carbons (Fsp3) is 0.500. The number of nitrogens with zero attached hydrogens (tertiary/aromatic N) is 4. The van der Waals surface area contributed by atoms with E-state index in [0.29, 0.717) is 29.8 Å². The summed E-state index contributed by atoms with van der Waals surface area (Å²) in [4.78, 5) is 34.8. The number of methoxy groups -OCH3 is 1. The van der Waals surface area contributed by atoms with Crippen LogP contribution in [0.3, 0.4) is 0 Å². The molecule has 2 fully saturated rings. The van der Waals surface area contributed by atoms with Crippen molar-refractivity contribution in [1.29, 1.82) is 0 Å². The number of piperidine rings is 1. The Morgan fingerprint density at radius 1 is 1.12 bits per heavy atom. The highest BCUT2D eigenvalue weighted by molar-refractivity contribution is 6.00. The third-order valence-electron chi connectivity index (χ3n) is 10.1. The molecule has 1 unspecified atom stereocenters. The first-order valence-corrected chi connectivity index (χ1v) is 15.8. The zero-order chi connectivity index (χ0) is 29.8. The summed E-state index contributed by atoms with van der Waals surface area (Å²) < 4.78 is 8.00. The van der Waals surface area contributed by atoms with Crippen LogP contribution in [0.2, 0.25) is 0 Å². The normalized spacial score (nSPS) is 25.0. The number of rotatable bonds is 5. The van der Waals surface area contributed by atoms with Crippen molar-refractivity contribution in [2.24, 2.45) is 18.7 Å². The number of aryl methyl sites for hydroxylation is 1. The molecule has 0 spiro atoms. The van der Waals surface area contributed by atoms with E-state index in [-0.39, 0.29) is 23.9 Å². The van der Waals surface area contributed by atoms with Gasteiger partial charge in [0.25, 0.3) is 5.91 Å². The average molecular weight is 583 g/mol. The van der Waals surface area contributed by atoms with Crippen molar-refractivity contribution in [3.8, 4) is 5.75 Å². The van der Waals surface area contributed by atoms with Crippen LogP contribution < -0.4 is 20.7 Å². The number of allylic oxidation sites excluding steroid dienone is 1. The van der Waals surface area contributed by atoms with E-state index in [9.17, 15) is 9.59 Å². The van der Waals surface area contributed by atoms with Gasteiger partial charge in [0, 0.05) is 63.0 Å². The molecule has 2 aliphatic carbocycles. The number of anilines is 1. The van der Waals surface area contributed by atoms with Crippen LogP contribution in [0.15, 0.2) is 30.3 Å².